The number of nitrogens with one attached hydrogen (secondary N) is 1. The van der Waals surface area contributed by atoms with Crippen molar-refractivity contribution in [3.8, 4) is 0 Å². The van der Waals surface area contributed by atoms with Crippen molar-refractivity contribution < 1.29 is 19.2 Å². The summed E-state index contributed by atoms with van der Waals surface area (Å²) in [6, 6.07) is 5.93. The maximum atomic E-state index is 11.7. The van der Waals surface area contributed by atoms with Crippen molar-refractivity contribution in [1.29, 1.82) is 0 Å². The lowest BCUT2D eigenvalue weighted by Gasteiger charge is -2.32. The van der Waals surface area contributed by atoms with Crippen LogP contribution in [0.2, 0.25) is 0 Å². The van der Waals surface area contributed by atoms with Crippen LogP contribution in [0.15, 0.2) is 18.2 Å². The topological polar surface area (TPSA) is 80.7 Å². The summed E-state index contributed by atoms with van der Waals surface area (Å²) in [5.74, 6) is -0.942. The molecule has 0 radical (unpaired) electrons. The fourth-order valence-electron chi connectivity index (χ4n) is 3.21. The van der Waals surface area contributed by atoms with Crippen LogP contribution in [-0.4, -0.2) is 34.4 Å². The molecule has 0 bridgehead atoms. The number of carboxylic acid groups (broad SMARTS) is 1. The Bertz CT molecular complexity index is 947. The molecule has 0 unspecified atom stereocenters. The number of hydrogen-bond donors (Lipinski definition) is 2. The summed E-state index contributed by atoms with van der Waals surface area (Å²) in [5, 5.41) is 13.8. The molecule has 0 spiro atoms. The van der Waals surface area contributed by atoms with Crippen LogP contribution in [0.1, 0.15) is 74.4 Å². The fourth-order valence-corrected chi connectivity index (χ4v) is 4.19. The van der Waals surface area contributed by atoms with Gasteiger partial charge in [-0.3, -0.25) is 0 Å². The van der Waals surface area contributed by atoms with Gasteiger partial charge in [0.05, 0.1) is 28.4 Å². The van der Waals surface area contributed by atoms with Crippen molar-refractivity contribution in [2.75, 3.05) is 5.32 Å². The molecule has 0 saturated carbocycles. The summed E-state index contributed by atoms with van der Waals surface area (Å²) >= 11 is 1.25. The summed E-state index contributed by atoms with van der Waals surface area (Å²) < 4.78 is 12.4. The largest absolute Gasteiger partial charge is 0.495 e. The van der Waals surface area contributed by atoms with Gasteiger partial charge in [-0.05, 0) is 51.7 Å². The molecular weight excluding hydrogens is 399 g/mol. The lowest BCUT2D eigenvalue weighted by Crippen LogP contribution is -2.41. The highest BCUT2D eigenvalue weighted by Gasteiger charge is 2.52. The zero-order valence-electron chi connectivity index (χ0n) is 19.0. The van der Waals surface area contributed by atoms with E-state index in [2.05, 4.69) is 10.3 Å². The molecule has 2 heterocycles. The van der Waals surface area contributed by atoms with Crippen LogP contribution in [0.4, 0.5) is 5.69 Å². The summed E-state index contributed by atoms with van der Waals surface area (Å²) in [5.41, 5.74) is 2.42. The molecule has 0 aliphatic carbocycles. The van der Waals surface area contributed by atoms with Crippen molar-refractivity contribution in [2.45, 2.75) is 78.6 Å². The molecule has 8 heteroatoms. The molecule has 30 heavy (non-hydrogen) atoms. The molecule has 1 aliphatic rings. The van der Waals surface area contributed by atoms with E-state index in [4.69, 9.17) is 9.31 Å². The molecule has 162 valence electrons. The lowest BCUT2D eigenvalue weighted by molar-refractivity contribution is 0.00578. The Labute approximate surface area is 183 Å². The number of thiazole rings is 1. The monoisotopic (exact) mass is 430 g/mol. The predicted molar refractivity (Wildman–Crippen MR) is 122 cm³/mol. The molecule has 1 aromatic carbocycles. The number of aromatic nitrogens is 1. The van der Waals surface area contributed by atoms with E-state index in [1.54, 1.807) is 0 Å². The van der Waals surface area contributed by atoms with E-state index >= 15 is 0 Å². The highest BCUT2D eigenvalue weighted by atomic mass is 32.1. The SMILES string of the molecule is Cc1c(NCc2nc(C(C)(C)C)sc2C(=O)O)cccc1B1OC(C)(C)C(C)(C)O1. The smallest absolute Gasteiger partial charge is 0.477 e. The normalized spacial score (nSPS) is 17.9. The summed E-state index contributed by atoms with van der Waals surface area (Å²) in [4.78, 5) is 16.6. The Morgan fingerprint density at radius 2 is 1.80 bits per heavy atom. The Balaban J connectivity index is 1.84. The van der Waals surface area contributed by atoms with Crippen molar-refractivity contribution >= 4 is 35.6 Å². The van der Waals surface area contributed by atoms with E-state index in [0.29, 0.717) is 12.2 Å². The van der Waals surface area contributed by atoms with Gasteiger partial charge in [0, 0.05) is 11.1 Å². The quantitative estimate of drug-likeness (QED) is 0.687. The van der Waals surface area contributed by atoms with Crippen LogP contribution in [0.25, 0.3) is 0 Å². The second kappa shape index (κ2) is 7.66. The predicted octanol–water partition coefficient (Wildman–Crippen LogP) is 4.36. The van der Waals surface area contributed by atoms with Crippen molar-refractivity contribution in [3.63, 3.8) is 0 Å². The third-order valence-electron chi connectivity index (χ3n) is 5.86. The number of nitrogens with zero attached hydrogens (tertiary/aromatic N) is 1. The molecule has 0 atom stereocenters. The third kappa shape index (κ3) is 4.27. The van der Waals surface area contributed by atoms with E-state index in [9.17, 15) is 9.90 Å². The maximum Gasteiger partial charge on any atom is 0.495 e. The fraction of sp³-hybridized carbons (Fsp3) is 0.545. The zero-order valence-corrected chi connectivity index (χ0v) is 19.9. The number of carboxylic acids is 1. The molecule has 1 aromatic heterocycles. The first-order valence-electron chi connectivity index (χ1n) is 10.2. The van der Waals surface area contributed by atoms with Crippen molar-refractivity contribution in [1.82, 2.24) is 4.98 Å². The minimum atomic E-state index is -0.942. The summed E-state index contributed by atoms with van der Waals surface area (Å²) in [6.07, 6.45) is 0. The lowest BCUT2D eigenvalue weighted by atomic mass is 9.76. The summed E-state index contributed by atoms with van der Waals surface area (Å²) in [7, 11) is -0.446. The average molecular weight is 430 g/mol. The highest BCUT2D eigenvalue weighted by molar-refractivity contribution is 7.13. The number of hydrogen-bond acceptors (Lipinski definition) is 6. The molecule has 1 saturated heterocycles. The van der Waals surface area contributed by atoms with Crippen LogP contribution >= 0.6 is 11.3 Å². The van der Waals surface area contributed by atoms with Crippen molar-refractivity contribution in [2.24, 2.45) is 0 Å². The first-order valence-corrected chi connectivity index (χ1v) is 11.0. The second-order valence-electron chi connectivity index (χ2n) is 9.81. The Hall–Kier alpha value is -1.90. The van der Waals surface area contributed by atoms with Gasteiger partial charge in [0.1, 0.15) is 4.88 Å². The Kier molecular flexibility index (Phi) is 5.82. The average Bonchev–Trinajstić information content (AvgIpc) is 3.12. The minimum absolute atomic E-state index is 0.195. The van der Waals surface area contributed by atoms with E-state index < -0.39 is 24.3 Å². The van der Waals surface area contributed by atoms with Gasteiger partial charge in [0.2, 0.25) is 0 Å². The zero-order chi connectivity index (χ0) is 22.5. The van der Waals surface area contributed by atoms with Gasteiger partial charge in [-0.2, -0.15) is 0 Å². The third-order valence-corrected chi connectivity index (χ3v) is 7.37. The van der Waals surface area contributed by atoms with Gasteiger partial charge in [-0.1, -0.05) is 32.9 Å². The summed E-state index contributed by atoms with van der Waals surface area (Å²) in [6.45, 7) is 16.6. The second-order valence-corrected chi connectivity index (χ2v) is 10.8. The number of carbonyl (C=O) groups is 1. The van der Waals surface area contributed by atoms with E-state index in [0.717, 1.165) is 21.7 Å². The van der Waals surface area contributed by atoms with E-state index in [-0.39, 0.29) is 10.3 Å². The van der Waals surface area contributed by atoms with Gasteiger partial charge in [0.25, 0.3) is 0 Å². The van der Waals surface area contributed by atoms with Gasteiger partial charge >= 0.3 is 13.1 Å². The van der Waals surface area contributed by atoms with Gasteiger partial charge < -0.3 is 19.7 Å². The van der Waals surface area contributed by atoms with Crippen LogP contribution in [-0.2, 0) is 21.3 Å². The Morgan fingerprint density at radius 3 is 2.33 bits per heavy atom. The number of benzene rings is 1. The van der Waals surface area contributed by atoms with Gasteiger partial charge in [-0.25, -0.2) is 9.78 Å². The molecule has 1 fully saturated rings. The van der Waals surface area contributed by atoms with Gasteiger partial charge in [0.15, 0.2) is 0 Å². The molecule has 3 rings (SSSR count). The molecule has 0 amide bonds. The maximum absolute atomic E-state index is 11.7. The number of anilines is 1. The van der Waals surface area contributed by atoms with Crippen LogP contribution in [0.5, 0.6) is 0 Å². The van der Waals surface area contributed by atoms with E-state index in [1.807, 2.05) is 73.6 Å². The van der Waals surface area contributed by atoms with Crippen LogP contribution < -0.4 is 10.8 Å². The number of aromatic carboxylic acids is 1. The molecular formula is C22H31BN2O4S. The first kappa shape index (κ1) is 22.8. The van der Waals surface area contributed by atoms with Crippen molar-refractivity contribution in [3.05, 3.63) is 39.3 Å². The minimum Gasteiger partial charge on any atom is -0.477 e. The Morgan fingerprint density at radius 1 is 1.20 bits per heavy atom. The van der Waals surface area contributed by atoms with E-state index in [1.165, 1.54) is 11.3 Å². The van der Waals surface area contributed by atoms with Crippen LogP contribution in [0, 0.1) is 6.92 Å². The van der Waals surface area contributed by atoms with Crippen LogP contribution in [0.3, 0.4) is 0 Å². The molecule has 2 N–H and O–H groups in total. The van der Waals surface area contributed by atoms with Gasteiger partial charge in [-0.15, -0.1) is 11.3 Å². The standard InChI is InChI=1S/C22H31BN2O4S/c1-13-14(23-28-21(5,6)22(7,8)29-23)10-9-11-15(13)24-12-16-17(18(26)27)30-19(25-16)20(2,3)4/h9-11,24H,12H2,1-8H3,(H,26,27). The molecule has 6 nitrogen and oxygen atoms in total. The molecule has 1 aliphatic heterocycles. The molecule has 2 aromatic rings. The highest BCUT2D eigenvalue weighted by Crippen LogP contribution is 2.37. The first-order chi connectivity index (χ1) is 13.7. The number of rotatable bonds is 5.